The van der Waals surface area contributed by atoms with Crippen LogP contribution < -0.4 is 5.32 Å². The third-order valence-corrected chi connectivity index (χ3v) is 2.89. The van der Waals surface area contributed by atoms with Crippen molar-refractivity contribution in [1.82, 2.24) is 5.32 Å². The van der Waals surface area contributed by atoms with Crippen LogP contribution in [0.5, 0.6) is 0 Å². The molecule has 0 aromatic heterocycles. The molecule has 0 fully saturated rings. The van der Waals surface area contributed by atoms with Gasteiger partial charge in [0.25, 0.3) is 0 Å². The van der Waals surface area contributed by atoms with Crippen LogP contribution in [0.4, 0.5) is 4.79 Å². The van der Waals surface area contributed by atoms with Gasteiger partial charge in [-0.1, -0.05) is 23.7 Å². The summed E-state index contributed by atoms with van der Waals surface area (Å²) in [6.07, 6.45) is -0.666. The number of carbonyl (C=O) groups is 2. The smallest absolute Gasteiger partial charge is 0.408 e. The average Bonchev–Trinajstić information content (AvgIpc) is 2.34. The molecule has 0 unspecified atom stereocenters. The third-order valence-electron chi connectivity index (χ3n) is 2.66. The fourth-order valence-electron chi connectivity index (χ4n) is 1.86. The summed E-state index contributed by atoms with van der Waals surface area (Å²) in [5.74, 6) is -0.508. The topological polar surface area (TPSA) is 64.6 Å². The maximum Gasteiger partial charge on any atom is 0.408 e. The predicted molar refractivity (Wildman–Crippen MR) is 89.5 cm³/mol. The summed E-state index contributed by atoms with van der Waals surface area (Å²) in [6, 6.07) is 6.27. The molecule has 1 rings (SSSR count). The monoisotopic (exact) mass is 341 g/mol. The molecular formula is C17H24ClNO4. The standard InChI is InChI=1S/C17H24ClNO4/c1-11(2)22-15(20)14(19-16(21)23-17(3,4)5)10-12-7-6-8-13(18)9-12/h6-9,11,14H,10H2,1-5H3,(H,19,21)/t14-/m1/s1. The number of nitrogens with one attached hydrogen (secondary N) is 1. The Balaban J connectivity index is 2.84. The molecule has 1 atom stereocenters. The lowest BCUT2D eigenvalue weighted by molar-refractivity contribution is -0.149. The van der Waals surface area contributed by atoms with Crippen LogP contribution in [-0.4, -0.2) is 29.8 Å². The fraction of sp³-hybridized carbons (Fsp3) is 0.529. The predicted octanol–water partition coefficient (Wildman–Crippen LogP) is 3.73. The molecule has 1 N–H and O–H groups in total. The van der Waals surface area contributed by atoms with E-state index < -0.39 is 23.7 Å². The molecule has 6 heteroatoms. The first kappa shape index (κ1) is 19.3. The Hall–Kier alpha value is -1.75. The van der Waals surface area contributed by atoms with Gasteiger partial charge in [-0.25, -0.2) is 9.59 Å². The van der Waals surface area contributed by atoms with Gasteiger partial charge in [0.15, 0.2) is 0 Å². The molecule has 128 valence electrons. The maximum atomic E-state index is 12.2. The molecule has 0 radical (unpaired) electrons. The third kappa shape index (κ3) is 7.88. The van der Waals surface area contributed by atoms with Gasteiger partial charge in [-0.2, -0.15) is 0 Å². The average molecular weight is 342 g/mol. The van der Waals surface area contributed by atoms with Gasteiger partial charge in [-0.15, -0.1) is 0 Å². The van der Waals surface area contributed by atoms with Crippen LogP contribution in [-0.2, 0) is 20.7 Å². The number of benzene rings is 1. The first-order valence-corrected chi connectivity index (χ1v) is 7.89. The van der Waals surface area contributed by atoms with Crippen LogP contribution in [0.15, 0.2) is 24.3 Å². The minimum absolute atomic E-state index is 0.269. The summed E-state index contributed by atoms with van der Waals surface area (Å²) in [6.45, 7) is 8.77. The van der Waals surface area contributed by atoms with Crippen LogP contribution in [0, 0.1) is 0 Å². The van der Waals surface area contributed by atoms with Crippen molar-refractivity contribution in [3.8, 4) is 0 Å². The highest BCUT2D eigenvalue weighted by atomic mass is 35.5. The summed E-state index contributed by atoms with van der Waals surface area (Å²) >= 11 is 5.96. The molecule has 0 saturated carbocycles. The van der Waals surface area contributed by atoms with Crippen molar-refractivity contribution in [2.24, 2.45) is 0 Å². The Morgan fingerprint density at radius 3 is 2.43 bits per heavy atom. The lowest BCUT2D eigenvalue weighted by Gasteiger charge is -2.23. The zero-order valence-electron chi connectivity index (χ0n) is 14.2. The lowest BCUT2D eigenvalue weighted by atomic mass is 10.1. The number of halogens is 1. The van der Waals surface area contributed by atoms with Gasteiger partial charge in [-0.3, -0.25) is 0 Å². The van der Waals surface area contributed by atoms with Crippen LogP contribution in [0.1, 0.15) is 40.2 Å². The number of rotatable bonds is 5. The summed E-state index contributed by atoms with van der Waals surface area (Å²) in [4.78, 5) is 24.2. The van der Waals surface area contributed by atoms with Crippen LogP contribution in [0.25, 0.3) is 0 Å². The SMILES string of the molecule is CC(C)OC(=O)[C@@H](Cc1cccc(Cl)c1)NC(=O)OC(C)(C)C. The van der Waals surface area contributed by atoms with E-state index in [9.17, 15) is 9.59 Å². The first-order chi connectivity index (χ1) is 10.6. The Morgan fingerprint density at radius 2 is 1.91 bits per heavy atom. The molecule has 5 nitrogen and oxygen atoms in total. The molecule has 0 bridgehead atoms. The van der Waals surface area contributed by atoms with Crippen LogP contribution in [0.2, 0.25) is 5.02 Å². The molecule has 1 amide bonds. The molecule has 23 heavy (non-hydrogen) atoms. The van der Waals surface area contributed by atoms with Crippen molar-refractivity contribution in [2.45, 2.75) is 58.8 Å². The van der Waals surface area contributed by atoms with E-state index in [0.29, 0.717) is 5.02 Å². The molecule has 1 aromatic carbocycles. The fourth-order valence-corrected chi connectivity index (χ4v) is 2.07. The summed E-state index contributed by atoms with van der Waals surface area (Å²) in [5.41, 5.74) is 0.173. The number of hydrogen-bond donors (Lipinski definition) is 1. The summed E-state index contributed by atoms with van der Waals surface area (Å²) < 4.78 is 10.4. The van der Waals surface area contributed by atoms with E-state index in [0.717, 1.165) is 5.56 Å². The van der Waals surface area contributed by atoms with E-state index in [2.05, 4.69) is 5.32 Å². The second-order valence-electron chi connectivity index (χ2n) is 6.52. The molecule has 0 aliphatic heterocycles. The Kier molecular flexibility index (Phi) is 6.88. The lowest BCUT2D eigenvalue weighted by Crippen LogP contribution is -2.46. The van der Waals surface area contributed by atoms with Crippen molar-refractivity contribution >= 4 is 23.7 Å². The van der Waals surface area contributed by atoms with Crippen molar-refractivity contribution < 1.29 is 19.1 Å². The number of alkyl carbamates (subject to hydrolysis) is 1. The second-order valence-corrected chi connectivity index (χ2v) is 6.95. The molecular weight excluding hydrogens is 318 g/mol. The zero-order valence-corrected chi connectivity index (χ0v) is 14.9. The Morgan fingerprint density at radius 1 is 1.26 bits per heavy atom. The molecule has 0 aliphatic rings. The highest BCUT2D eigenvalue weighted by Gasteiger charge is 2.26. The van der Waals surface area contributed by atoms with Gasteiger partial charge in [0.1, 0.15) is 11.6 Å². The molecule has 0 heterocycles. The van der Waals surface area contributed by atoms with Crippen molar-refractivity contribution in [3.05, 3.63) is 34.9 Å². The maximum absolute atomic E-state index is 12.2. The first-order valence-electron chi connectivity index (χ1n) is 7.51. The van der Waals surface area contributed by atoms with Crippen molar-refractivity contribution in [1.29, 1.82) is 0 Å². The highest BCUT2D eigenvalue weighted by Crippen LogP contribution is 2.14. The molecule has 0 aliphatic carbocycles. The van der Waals surface area contributed by atoms with Gasteiger partial charge in [-0.05, 0) is 52.3 Å². The molecule has 1 aromatic rings. The van der Waals surface area contributed by atoms with Crippen molar-refractivity contribution in [3.63, 3.8) is 0 Å². The van der Waals surface area contributed by atoms with Gasteiger partial charge >= 0.3 is 12.1 Å². The zero-order chi connectivity index (χ0) is 17.6. The number of amides is 1. The number of ether oxygens (including phenoxy) is 2. The highest BCUT2D eigenvalue weighted by molar-refractivity contribution is 6.30. The minimum atomic E-state index is -0.842. The van der Waals surface area contributed by atoms with Crippen LogP contribution >= 0.6 is 11.6 Å². The van der Waals surface area contributed by atoms with E-state index >= 15 is 0 Å². The van der Waals surface area contributed by atoms with E-state index in [1.165, 1.54) is 0 Å². The normalized spacial score (nSPS) is 12.7. The van der Waals surface area contributed by atoms with Gasteiger partial charge in [0, 0.05) is 11.4 Å². The quantitative estimate of drug-likeness (QED) is 0.829. The Bertz CT molecular complexity index is 552. The van der Waals surface area contributed by atoms with Crippen molar-refractivity contribution in [2.75, 3.05) is 0 Å². The minimum Gasteiger partial charge on any atom is -0.461 e. The summed E-state index contributed by atoms with van der Waals surface area (Å²) in [7, 11) is 0. The summed E-state index contributed by atoms with van der Waals surface area (Å²) in [5, 5.41) is 3.13. The molecule has 0 spiro atoms. The number of carbonyl (C=O) groups excluding carboxylic acids is 2. The van der Waals surface area contributed by atoms with E-state index in [1.54, 1.807) is 52.8 Å². The second kappa shape index (κ2) is 8.20. The van der Waals surface area contributed by atoms with Gasteiger partial charge < -0.3 is 14.8 Å². The van der Waals surface area contributed by atoms with E-state index in [-0.39, 0.29) is 12.5 Å². The van der Waals surface area contributed by atoms with Gasteiger partial charge in [0.05, 0.1) is 6.10 Å². The number of hydrogen-bond acceptors (Lipinski definition) is 4. The number of esters is 1. The van der Waals surface area contributed by atoms with E-state index in [1.807, 2.05) is 6.07 Å². The Labute approximate surface area is 142 Å². The van der Waals surface area contributed by atoms with E-state index in [4.69, 9.17) is 21.1 Å². The van der Waals surface area contributed by atoms with Crippen LogP contribution in [0.3, 0.4) is 0 Å². The molecule has 0 saturated heterocycles. The van der Waals surface area contributed by atoms with Gasteiger partial charge in [0.2, 0.25) is 0 Å². The largest absolute Gasteiger partial charge is 0.461 e.